The maximum absolute atomic E-state index is 7.31. The third kappa shape index (κ3) is 2.02. The van der Waals surface area contributed by atoms with E-state index in [0.29, 0.717) is 6.04 Å². The van der Waals surface area contributed by atoms with E-state index in [2.05, 4.69) is 0 Å². The first-order chi connectivity index (χ1) is 5.25. The molecule has 0 spiro atoms. The Morgan fingerprint density at radius 1 is 1.82 bits per heavy atom. The summed E-state index contributed by atoms with van der Waals surface area (Å²) in [4.78, 5) is 1.97. The maximum Gasteiger partial charge on any atom is 0.188 e. The molecule has 0 saturated carbocycles. The molecule has 1 aliphatic heterocycles. The Balaban J connectivity index is 2.46. The molecule has 0 radical (unpaired) electrons. The number of rotatable bonds is 2. The number of nitrogens with zero attached hydrogens (tertiary/aromatic N) is 1. The number of hydrogen-bond donors (Lipinski definition) is 2. The summed E-state index contributed by atoms with van der Waals surface area (Å²) in [5.74, 6) is 2.57. The van der Waals surface area contributed by atoms with Crippen molar-refractivity contribution in [3.63, 3.8) is 0 Å². The molecule has 0 bridgehead atoms. The van der Waals surface area contributed by atoms with Gasteiger partial charge >= 0.3 is 0 Å². The van der Waals surface area contributed by atoms with Gasteiger partial charge in [-0.15, -0.1) is 0 Å². The van der Waals surface area contributed by atoms with Gasteiger partial charge in [-0.25, -0.2) is 0 Å². The van der Waals surface area contributed by atoms with Crippen LogP contribution in [0.1, 0.15) is 13.3 Å². The Hall–Kier alpha value is -0.380. The zero-order chi connectivity index (χ0) is 8.27. The zero-order valence-corrected chi connectivity index (χ0v) is 7.66. The highest BCUT2D eigenvalue weighted by Gasteiger charge is 2.22. The molecule has 1 fully saturated rings. The maximum atomic E-state index is 7.31. The van der Waals surface area contributed by atoms with Crippen molar-refractivity contribution in [3.05, 3.63) is 0 Å². The van der Waals surface area contributed by atoms with E-state index < -0.39 is 0 Å². The summed E-state index contributed by atoms with van der Waals surface area (Å²) in [6.07, 6.45) is 1.18. The van der Waals surface area contributed by atoms with Crippen molar-refractivity contribution in [3.8, 4) is 0 Å². The Kier molecular flexibility index (Phi) is 3.05. The summed E-state index contributed by atoms with van der Waals surface area (Å²) >= 11 is 1.95. The van der Waals surface area contributed by atoms with Crippen LogP contribution in [0.5, 0.6) is 0 Å². The minimum atomic E-state index is 0.222. The monoisotopic (exact) mass is 173 g/mol. The predicted molar refractivity (Wildman–Crippen MR) is 50.0 cm³/mol. The van der Waals surface area contributed by atoms with Gasteiger partial charge in [0.2, 0.25) is 0 Å². The summed E-state index contributed by atoms with van der Waals surface area (Å²) in [5.41, 5.74) is 5.43. The molecule has 1 rings (SSSR count). The lowest BCUT2D eigenvalue weighted by atomic mass is 10.2. The largest absolute Gasteiger partial charge is 0.370 e. The van der Waals surface area contributed by atoms with Crippen LogP contribution in [0.15, 0.2) is 0 Å². The van der Waals surface area contributed by atoms with Crippen LogP contribution >= 0.6 is 11.8 Å². The standard InChI is InChI=1S/C7H15N3S/c1-2-10(7(8)9)6-3-4-11-5-6/h6H,2-5H2,1H3,(H3,8,9)/t6-/m0/s1. The molecular weight excluding hydrogens is 158 g/mol. The van der Waals surface area contributed by atoms with Gasteiger partial charge < -0.3 is 10.6 Å². The second kappa shape index (κ2) is 3.85. The molecule has 0 aliphatic carbocycles. The molecule has 0 unspecified atom stereocenters. The van der Waals surface area contributed by atoms with Crippen LogP contribution in [0.2, 0.25) is 0 Å². The summed E-state index contributed by atoms with van der Waals surface area (Å²) in [6, 6.07) is 0.516. The highest BCUT2D eigenvalue weighted by Crippen LogP contribution is 2.21. The second-order valence-corrected chi connectivity index (χ2v) is 3.84. The fourth-order valence-corrected chi connectivity index (χ4v) is 2.62. The van der Waals surface area contributed by atoms with Gasteiger partial charge in [0, 0.05) is 18.3 Å². The first kappa shape index (κ1) is 8.71. The molecule has 0 amide bonds. The van der Waals surface area contributed by atoms with Crippen molar-refractivity contribution in [1.29, 1.82) is 5.41 Å². The average Bonchev–Trinajstić information content (AvgIpc) is 2.40. The molecule has 3 nitrogen and oxygen atoms in total. The summed E-state index contributed by atoms with van der Waals surface area (Å²) in [5, 5.41) is 7.31. The van der Waals surface area contributed by atoms with Crippen molar-refractivity contribution in [2.75, 3.05) is 18.1 Å². The third-order valence-electron chi connectivity index (χ3n) is 2.00. The quantitative estimate of drug-likeness (QED) is 0.477. The van der Waals surface area contributed by atoms with Gasteiger partial charge in [0.25, 0.3) is 0 Å². The van der Waals surface area contributed by atoms with Crippen LogP contribution < -0.4 is 5.73 Å². The average molecular weight is 173 g/mol. The minimum absolute atomic E-state index is 0.222. The Morgan fingerprint density at radius 3 is 2.91 bits per heavy atom. The van der Waals surface area contributed by atoms with E-state index in [4.69, 9.17) is 11.1 Å². The van der Waals surface area contributed by atoms with Gasteiger partial charge in [0.15, 0.2) is 5.96 Å². The van der Waals surface area contributed by atoms with Gasteiger partial charge in [-0.2, -0.15) is 11.8 Å². The lowest BCUT2D eigenvalue weighted by Crippen LogP contribution is -2.43. The van der Waals surface area contributed by atoms with Crippen LogP contribution in [0.25, 0.3) is 0 Å². The van der Waals surface area contributed by atoms with E-state index in [1.54, 1.807) is 0 Å². The predicted octanol–water partition coefficient (Wildman–Crippen LogP) is 0.707. The van der Waals surface area contributed by atoms with Gasteiger partial charge in [-0.05, 0) is 19.1 Å². The van der Waals surface area contributed by atoms with Crippen LogP contribution in [0, 0.1) is 5.41 Å². The van der Waals surface area contributed by atoms with E-state index in [9.17, 15) is 0 Å². The molecule has 0 aromatic carbocycles. The van der Waals surface area contributed by atoms with E-state index >= 15 is 0 Å². The van der Waals surface area contributed by atoms with Gasteiger partial charge in [0.05, 0.1) is 0 Å². The van der Waals surface area contributed by atoms with Crippen molar-refractivity contribution in [2.24, 2.45) is 5.73 Å². The lowest BCUT2D eigenvalue weighted by Gasteiger charge is -2.26. The first-order valence-electron chi connectivity index (χ1n) is 3.94. The van der Waals surface area contributed by atoms with Gasteiger partial charge in [-0.3, -0.25) is 5.41 Å². The van der Waals surface area contributed by atoms with E-state index in [-0.39, 0.29) is 5.96 Å². The first-order valence-corrected chi connectivity index (χ1v) is 5.09. The number of nitrogens with one attached hydrogen (secondary N) is 1. The van der Waals surface area contributed by atoms with Crippen molar-refractivity contribution < 1.29 is 0 Å². The fraction of sp³-hybridized carbons (Fsp3) is 0.857. The topological polar surface area (TPSA) is 53.1 Å². The van der Waals surface area contributed by atoms with Gasteiger partial charge in [-0.1, -0.05) is 0 Å². The molecule has 0 aromatic heterocycles. The molecule has 11 heavy (non-hydrogen) atoms. The molecule has 3 N–H and O–H groups in total. The fourth-order valence-electron chi connectivity index (χ4n) is 1.39. The normalized spacial score (nSPS) is 23.5. The lowest BCUT2D eigenvalue weighted by molar-refractivity contribution is 0.345. The smallest absolute Gasteiger partial charge is 0.188 e. The molecule has 1 aliphatic rings. The molecular formula is C7H15N3S. The van der Waals surface area contributed by atoms with Crippen molar-refractivity contribution in [1.82, 2.24) is 4.90 Å². The SMILES string of the molecule is CCN(C(=N)N)[C@H]1CCSC1. The molecule has 64 valence electrons. The molecule has 1 atom stereocenters. The molecule has 1 heterocycles. The number of hydrogen-bond acceptors (Lipinski definition) is 2. The summed E-state index contributed by atoms with van der Waals surface area (Å²) in [6.45, 7) is 2.91. The highest BCUT2D eigenvalue weighted by molar-refractivity contribution is 7.99. The number of nitrogens with two attached hydrogens (primary N) is 1. The number of guanidine groups is 1. The van der Waals surface area contributed by atoms with Crippen LogP contribution in [-0.4, -0.2) is 35.0 Å². The zero-order valence-electron chi connectivity index (χ0n) is 6.84. The van der Waals surface area contributed by atoms with Crippen LogP contribution in [0.4, 0.5) is 0 Å². The van der Waals surface area contributed by atoms with Crippen LogP contribution in [0.3, 0.4) is 0 Å². The molecule has 4 heteroatoms. The van der Waals surface area contributed by atoms with Crippen molar-refractivity contribution >= 4 is 17.7 Å². The molecule has 0 aromatic rings. The van der Waals surface area contributed by atoms with Gasteiger partial charge in [0.1, 0.15) is 0 Å². The van der Waals surface area contributed by atoms with E-state index in [1.165, 1.54) is 12.2 Å². The summed E-state index contributed by atoms with van der Waals surface area (Å²) in [7, 11) is 0. The Labute approximate surface area is 71.8 Å². The third-order valence-corrected chi connectivity index (χ3v) is 3.14. The Morgan fingerprint density at radius 2 is 2.55 bits per heavy atom. The summed E-state index contributed by atoms with van der Waals surface area (Å²) < 4.78 is 0. The number of thioether (sulfide) groups is 1. The molecule has 1 saturated heterocycles. The highest BCUT2D eigenvalue weighted by atomic mass is 32.2. The minimum Gasteiger partial charge on any atom is -0.370 e. The Bertz CT molecular complexity index is 143. The second-order valence-electron chi connectivity index (χ2n) is 2.69. The van der Waals surface area contributed by atoms with Crippen molar-refractivity contribution in [2.45, 2.75) is 19.4 Å². The van der Waals surface area contributed by atoms with E-state index in [0.717, 1.165) is 12.3 Å². The van der Waals surface area contributed by atoms with Crippen LogP contribution in [-0.2, 0) is 0 Å². The van der Waals surface area contributed by atoms with E-state index in [1.807, 2.05) is 23.6 Å².